The highest BCUT2D eigenvalue weighted by Crippen LogP contribution is 2.18. The second kappa shape index (κ2) is 6.88. The number of hydrogen-bond acceptors (Lipinski definition) is 4. The maximum absolute atomic E-state index is 12.3. The molecule has 25 heavy (non-hydrogen) atoms. The summed E-state index contributed by atoms with van der Waals surface area (Å²) in [7, 11) is 0. The average Bonchev–Trinajstić information content (AvgIpc) is 3.23. The molecule has 2 heterocycles. The zero-order chi connectivity index (χ0) is 18.0. The van der Waals surface area contributed by atoms with Crippen molar-refractivity contribution in [3.05, 3.63) is 59.9 Å². The van der Waals surface area contributed by atoms with Gasteiger partial charge in [0.2, 0.25) is 5.91 Å². The predicted octanol–water partition coefficient (Wildman–Crippen LogP) is 2.52. The van der Waals surface area contributed by atoms with Crippen LogP contribution in [-0.2, 0) is 4.79 Å². The first-order valence-corrected chi connectivity index (χ1v) is 8.24. The summed E-state index contributed by atoms with van der Waals surface area (Å²) in [5, 5.41) is 11.5. The van der Waals surface area contributed by atoms with E-state index < -0.39 is 6.04 Å². The number of hydrogen-bond donors (Lipinski definition) is 1. The van der Waals surface area contributed by atoms with Crippen molar-refractivity contribution in [2.24, 2.45) is 0 Å². The van der Waals surface area contributed by atoms with Crippen molar-refractivity contribution < 1.29 is 4.79 Å². The summed E-state index contributed by atoms with van der Waals surface area (Å²) in [6.07, 6.45) is 2.96. The Hall–Kier alpha value is -2.96. The summed E-state index contributed by atoms with van der Waals surface area (Å²) in [5.74, 6) is -0.0966. The molecule has 0 spiro atoms. The highest BCUT2D eigenvalue weighted by atomic mass is 16.2. The third kappa shape index (κ3) is 3.60. The van der Waals surface area contributed by atoms with E-state index >= 15 is 0 Å². The summed E-state index contributed by atoms with van der Waals surface area (Å²) < 4.78 is 3.45. The molecule has 7 heteroatoms. The van der Waals surface area contributed by atoms with Crippen molar-refractivity contribution in [2.45, 2.75) is 39.8 Å². The van der Waals surface area contributed by atoms with Gasteiger partial charge in [-0.15, -0.1) is 0 Å². The average molecular weight is 338 g/mol. The molecule has 1 N–H and O–H groups in total. The lowest BCUT2D eigenvalue weighted by Gasteiger charge is -2.18. The molecular weight excluding hydrogens is 316 g/mol. The fourth-order valence-electron chi connectivity index (χ4n) is 2.75. The van der Waals surface area contributed by atoms with Crippen molar-refractivity contribution in [2.75, 3.05) is 0 Å². The molecule has 0 saturated heterocycles. The van der Waals surface area contributed by atoms with Crippen molar-refractivity contribution in [3.63, 3.8) is 0 Å². The summed E-state index contributed by atoms with van der Waals surface area (Å²) >= 11 is 0. The lowest BCUT2D eigenvalue weighted by Crippen LogP contribution is -2.33. The fourth-order valence-corrected chi connectivity index (χ4v) is 2.75. The Bertz CT molecular complexity index is 850. The zero-order valence-electron chi connectivity index (χ0n) is 14.8. The summed E-state index contributed by atoms with van der Waals surface area (Å²) in [4.78, 5) is 16.2. The molecule has 0 radical (unpaired) electrons. The molecule has 7 nitrogen and oxygen atoms in total. The number of aryl methyl sites for hydroxylation is 2. The van der Waals surface area contributed by atoms with E-state index in [1.807, 2.05) is 55.8 Å². The number of amides is 1. The van der Waals surface area contributed by atoms with Gasteiger partial charge >= 0.3 is 0 Å². The lowest BCUT2D eigenvalue weighted by molar-refractivity contribution is -0.124. The van der Waals surface area contributed by atoms with Crippen LogP contribution in [0.4, 0.5) is 0 Å². The van der Waals surface area contributed by atoms with Crippen LogP contribution in [-0.4, -0.2) is 30.5 Å². The SMILES string of the molecule is Cc1cc(C)n(-c2ccc([C@H](C)NC(=O)[C@@H](C)n3cncn3)cc2)n1. The van der Waals surface area contributed by atoms with Crippen LogP contribution >= 0.6 is 0 Å². The first kappa shape index (κ1) is 16.9. The van der Waals surface area contributed by atoms with E-state index in [-0.39, 0.29) is 11.9 Å². The van der Waals surface area contributed by atoms with Crippen molar-refractivity contribution >= 4 is 5.91 Å². The molecule has 3 rings (SSSR count). The van der Waals surface area contributed by atoms with Gasteiger partial charge in [-0.25, -0.2) is 14.3 Å². The number of benzene rings is 1. The third-order valence-corrected chi connectivity index (χ3v) is 4.22. The Morgan fingerprint density at radius 3 is 2.44 bits per heavy atom. The van der Waals surface area contributed by atoms with Gasteiger partial charge in [0.25, 0.3) is 0 Å². The molecule has 0 bridgehead atoms. The fraction of sp³-hybridized carbons (Fsp3) is 0.333. The molecule has 1 aromatic carbocycles. The molecule has 0 aliphatic rings. The number of carbonyl (C=O) groups excluding carboxylic acids is 1. The number of rotatable bonds is 5. The quantitative estimate of drug-likeness (QED) is 0.775. The molecule has 0 aliphatic heterocycles. The molecule has 0 saturated carbocycles. The minimum absolute atomic E-state index is 0.0966. The van der Waals surface area contributed by atoms with Gasteiger partial charge in [0.05, 0.1) is 17.4 Å². The number of nitrogens with one attached hydrogen (secondary N) is 1. The van der Waals surface area contributed by atoms with Crippen LogP contribution in [0.25, 0.3) is 5.69 Å². The molecule has 0 fully saturated rings. The van der Waals surface area contributed by atoms with Crippen LogP contribution in [0.5, 0.6) is 0 Å². The lowest BCUT2D eigenvalue weighted by atomic mass is 10.1. The van der Waals surface area contributed by atoms with Crippen LogP contribution < -0.4 is 5.32 Å². The second-order valence-corrected chi connectivity index (χ2v) is 6.21. The van der Waals surface area contributed by atoms with Gasteiger partial charge in [-0.1, -0.05) is 12.1 Å². The van der Waals surface area contributed by atoms with Gasteiger partial charge in [0, 0.05) is 5.69 Å². The van der Waals surface area contributed by atoms with E-state index in [0.717, 1.165) is 22.6 Å². The molecule has 0 unspecified atom stereocenters. The minimum Gasteiger partial charge on any atom is -0.348 e. The van der Waals surface area contributed by atoms with Crippen LogP contribution in [0.15, 0.2) is 43.0 Å². The van der Waals surface area contributed by atoms with E-state index in [1.54, 1.807) is 6.92 Å². The van der Waals surface area contributed by atoms with E-state index in [1.165, 1.54) is 17.3 Å². The van der Waals surface area contributed by atoms with Gasteiger partial charge in [-0.3, -0.25) is 4.79 Å². The topological polar surface area (TPSA) is 77.6 Å². The molecule has 130 valence electrons. The normalized spacial score (nSPS) is 13.4. The van der Waals surface area contributed by atoms with Gasteiger partial charge in [-0.05, 0) is 51.5 Å². The molecule has 0 aliphatic carbocycles. The Kier molecular flexibility index (Phi) is 4.65. The first-order chi connectivity index (χ1) is 12.0. The van der Waals surface area contributed by atoms with Gasteiger partial charge in [0.1, 0.15) is 18.7 Å². The highest BCUT2D eigenvalue weighted by Gasteiger charge is 2.18. The zero-order valence-corrected chi connectivity index (χ0v) is 14.8. The first-order valence-electron chi connectivity index (χ1n) is 8.24. The van der Waals surface area contributed by atoms with Crippen LogP contribution in [0.1, 0.15) is 42.9 Å². The number of aromatic nitrogens is 5. The van der Waals surface area contributed by atoms with Gasteiger partial charge in [-0.2, -0.15) is 10.2 Å². The molecule has 2 aromatic heterocycles. The largest absolute Gasteiger partial charge is 0.348 e. The summed E-state index contributed by atoms with van der Waals surface area (Å²) in [5.41, 5.74) is 4.12. The second-order valence-electron chi connectivity index (χ2n) is 6.21. The molecule has 1 amide bonds. The Balaban J connectivity index is 1.69. The van der Waals surface area contributed by atoms with Crippen molar-refractivity contribution in [3.8, 4) is 5.69 Å². The molecular formula is C18H22N6O. The Morgan fingerprint density at radius 2 is 1.88 bits per heavy atom. The summed E-state index contributed by atoms with van der Waals surface area (Å²) in [6, 6.07) is 9.58. The predicted molar refractivity (Wildman–Crippen MR) is 94.3 cm³/mol. The van der Waals surface area contributed by atoms with Gasteiger partial charge < -0.3 is 5.32 Å². The smallest absolute Gasteiger partial charge is 0.245 e. The maximum atomic E-state index is 12.3. The molecule has 3 aromatic rings. The van der Waals surface area contributed by atoms with Crippen LogP contribution in [0.2, 0.25) is 0 Å². The third-order valence-electron chi connectivity index (χ3n) is 4.22. The van der Waals surface area contributed by atoms with Gasteiger partial charge in [0.15, 0.2) is 0 Å². The Labute approximate surface area is 146 Å². The minimum atomic E-state index is -0.404. The highest BCUT2D eigenvalue weighted by molar-refractivity contribution is 5.80. The van der Waals surface area contributed by atoms with Crippen LogP contribution in [0.3, 0.4) is 0 Å². The van der Waals surface area contributed by atoms with E-state index in [4.69, 9.17) is 0 Å². The van der Waals surface area contributed by atoms with E-state index in [0.29, 0.717) is 0 Å². The van der Waals surface area contributed by atoms with E-state index in [9.17, 15) is 4.79 Å². The molecule has 2 atom stereocenters. The van der Waals surface area contributed by atoms with Crippen molar-refractivity contribution in [1.29, 1.82) is 0 Å². The Morgan fingerprint density at radius 1 is 1.16 bits per heavy atom. The number of carbonyl (C=O) groups is 1. The number of nitrogens with zero attached hydrogens (tertiary/aromatic N) is 5. The summed E-state index contributed by atoms with van der Waals surface area (Å²) in [6.45, 7) is 7.76. The standard InChI is InChI=1S/C18H22N6O/c1-12-9-13(2)24(22-12)17-7-5-16(6-8-17)14(3)21-18(25)15(4)23-11-19-10-20-23/h5-11,14-15H,1-4H3,(H,21,25)/t14-,15+/m0/s1. The van der Waals surface area contributed by atoms with Crippen molar-refractivity contribution in [1.82, 2.24) is 29.9 Å². The maximum Gasteiger partial charge on any atom is 0.245 e. The van der Waals surface area contributed by atoms with E-state index in [2.05, 4.69) is 20.5 Å². The monoisotopic (exact) mass is 338 g/mol. The van der Waals surface area contributed by atoms with Crippen LogP contribution in [0, 0.1) is 13.8 Å².